The highest BCUT2D eigenvalue weighted by molar-refractivity contribution is 6.12. The Hall–Kier alpha value is -2.42. The Balaban J connectivity index is 2.50. The second-order valence-corrected chi connectivity index (χ2v) is 4.75. The van der Waals surface area contributed by atoms with Crippen LogP contribution in [-0.2, 0) is 0 Å². The Bertz CT molecular complexity index is 938. The molecule has 0 aliphatic carbocycles. The van der Waals surface area contributed by atoms with Crippen LogP contribution in [0.5, 0.6) is 0 Å². The largest absolute Gasteiger partial charge is 0.296 e. The summed E-state index contributed by atoms with van der Waals surface area (Å²) in [5.41, 5.74) is 2.47. The van der Waals surface area contributed by atoms with Crippen molar-refractivity contribution in [1.82, 2.24) is 9.38 Å². The highest BCUT2D eigenvalue weighted by Gasteiger charge is 2.13. The van der Waals surface area contributed by atoms with Gasteiger partial charge in [-0.3, -0.25) is 4.40 Å². The number of nitrogens with zero attached hydrogens (tertiary/aromatic N) is 2. The molecule has 4 rings (SSSR count). The molecule has 0 atom stereocenters. The van der Waals surface area contributed by atoms with Crippen molar-refractivity contribution in [2.24, 2.45) is 0 Å². The number of aromatic nitrogens is 2. The van der Waals surface area contributed by atoms with Crippen molar-refractivity contribution in [2.45, 2.75) is 6.92 Å². The van der Waals surface area contributed by atoms with Gasteiger partial charge >= 0.3 is 0 Å². The molecular weight excluding hydrogens is 239 g/mol. The number of hydrogen-bond donors (Lipinski definition) is 0. The van der Waals surface area contributed by atoms with Gasteiger partial charge in [-0.05, 0) is 23.9 Å². The van der Waals surface area contributed by atoms with E-state index in [4.69, 9.17) is 0 Å². The van der Waals surface area contributed by atoms with Gasteiger partial charge < -0.3 is 0 Å². The molecule has 0 fully saturated rings. The minimum Gasteiger partial charge on any atom is -0.296 e. The molecule has 2 aromatic carbocycles. The summed E-state index contributed by atoms with van der Waals surface area (Å²) < 4.78 is 16.1. The molecule has 0 unspecified atom stereocenters. The van der Waals surface area contributed by atoms with Crippen LogP contribution in [0.25, 0.3) is 27.3 Å². The van der Waals surface area contributed by atoms with Crippen molar-refractivity contribution in [2.75, 3.05) is 0 Å². The summed E-state index contributed by atoms with van der Waals surface area (Å²) in [5.74, 6) is -0.214. The summed E-state index contributed by atoms with van der Waals surface area (Å²) in [4.78, 5) is 4.36. The third kappa shape index (κ3) is 1.27. The Morgan fingerprint density at radius 3 is 2.68 bits per heavy atom. The first-order valence-corrected chi connectivity index (χ1v) is 6.20. The van der Waals surface area contributed by atoms with E-state index in [0.29, 0.717) is 5.52 Å². The SMILES string of the molecule is Cc1ccc(F)c2c1c1ccccc1c1nccn12. The third-order valence-electron chi connectivity index (χ3n) is 3.66. The number of rotatable bonds is 0. The van der Waals surface area contributed by atoms with E-state index in [0.717, 1.165) is 27.4 Å². The minimum absolute atomic E-state index is 0.214. The number of benzene rings is 2. The van der Waals surface area contributed by atoms with Crippen molar-refractivity contribution in [3.8, 4) is 0 Å². The first-order chi connectivity index (χ1) is 9.27. The molecule has 0 N–H and O–H groups in total. The third-order valence-corrected chi connectivity index (χ3v) is 3.66. The number of pyridine rings is 1. The van der Waals surface area contributed by atoms with E-state index in [1.807, 2.05) is 47.9 Å². The van der Waals surface area contributed by atoms with Crippen LogP contribution in [0.3, 0.4) is 0 Å². The smallest absolute Gasteiger partial charge is 0.147 e. The van der Waals surface area contributed by atoms with Gasteiger partial charge in [0.05, 0.1) is 5.52 Å². The first kappa shape index (κ1) is 10.5. The molecule has 0 amide bonds. The van der Waals surface area contributed by atoms with E-state index < -0.39 is 0 Å². The van der Waals surface area contributed by atoms with Gasteiger partial charge in [0.25, 0.3) is 0 Å². The van der Waals surface area contributed by atoms with Crippen molar-refractivity contribution >= 4 is 27.3 Å². The number of imidazole rings is 1. The molecule has 92 valence electrons. The molecule has 2 heterocycles. The van der Waals surface area contributed by atoms with Crippen LogP contribution >= 0.6 is 0 Å². The topological polar surface area (TPSA) is 17.3 Å². The van der Waals surface area contributed by atoms with E-state index in [9.17, 15) is 4.39 Å². The van der Waals surface area contributed by atoms with Gasteiger partial charge in [0, 0.05) is 23.2 Å². The lowest BCUT2D eigenvalue weighted by atomic mass is 10.0. The van der Waals surface area contributed by atoms with Gasteiger partial charge in [0.1, 0.15) is 11.5 Å². The normalized spacial score (nSPS) is 11.7. The van der Waals surface area contributed by atoms with Crippen LogP contribution in [0, 0.1) is 12.7 Å². The maximum atomic E-state index is 14.3. The fourth-order valence-corrected chi connectivity index (χ4v) is 2.82. The quantitative estimate of drug-likeness (QED) is 0.430. The zero-order valence-corrected chi connectivity index (χ0v) is 10.4. The van der Waals surface area contributed by atoms with E-state index in [1.54, 1.807) is 6.20 Å². The summed E-state index contributed by atoms with van der Waals surface area (Å²) >= 11 is 0. The van der Waals surface area contributed by atoms with Gasteiger partial charge in [0.15, 0.2) is 0 Å². The molecule has 0 saturated carbocycles. The van der Waals surface area contributed by atoms with Crippen LogP contribution in [0.4, 0.5) is 4.39 Å². The lowest BCUT2D eigenvalue weighted by molar-refractivity contribution is 0.635. The van der Waals surface area contributed by atoms with Crippen LogP contribution in [0.15, 0.2) is 48.8 Å². The molecule has 0 aliphatic rings. The van der Waals surface area contributed by atoms with E-state index >= 15 is 0 Å². The second-order valence-electron chi connectivity index (χ2n) is 4.75. The number of fused-ring (bicyclic) bond motifs is 6. The molecule has 0 aliphatic heterocycles. The minimum atomic E-state index is -0.214. The fourth-order valence-electron chi connectivity index (χ4n) is 2.82. The second kappa shape index (κ2) is 3.54. The van der Waals surface area contributed by atoms with Gasteiger partial charge in [-0.2, -0.15) is 0 Å². The molecule has 2 nitrogen and oxygen atoms in total. The predicted octanol–water partition coefficient (Wildman–Crippen LogP) is 4.09. The van der Waals surface area contributed by atoms with E-state index in [1.165, 1.54) is 6.07 Å². The highest BCUT2D eigenvalue weighted by atomic mass is 19.1. The Labute approximate surface area is 109 Å². The molecule has 2 aromatic heterocycles. The van der Waals surface area contributed by atoms with Gasteiger partial charge in [-0.1, -0.05) is 30.3 Å². The van der Waals surface area contributed by atoms with E-state index in [-0.39, 0.29) is 5.82 Å². The maximum Gasteiger partial charge on any atom is 0.147 e. The summed E-state index contributed by atoms with van der Waals surface area (Å²) in [5, 5.41) is 3.06. The van der Waals surface area contributed by atoms with Crippen molar-refractivity contribution in [3.63, 3.8) is 0 Å². The Kier molecular flexibility index (Phi) is 1.96. The average molecular weight is 250 g/mol. The molecule has 19 heavy (non-hydrogen) atoms. The Morgan fingerprint density at radius 2 is 1.84 bits per heavy atom. The maximum absolute atomic E-state index is 14.3. The molecular formula is C16H11FN2. The molecule has 0 bridgehead atoms. The number of halogens is 1. The lowest BCUT2D eigenvalue weighted by Crippen LogP contribution is -1.95. The molecule has 3 heteroatoms. The zero-order valence-electron chi connectivity index (χ0n) is 10.4. The molecule has 0 saturated heterocycles. The van der Waals surface area contributed by atoms with Crippen molar-refractivity contribution < 1.29 is 4.39 Å². The van der Waals surface area contributed by atoms with Crippen molar-refractivity contribution in [3.05, 3.63) is 60.2 Å². The van der Waals surface area contributed by atoms with Crippen LogP contribution in [-0.4, -0.2) is 9.38 Å². The number of hydrogen-bond acceptors (Lipinski definition) is 1. The average Bonchev–Trinajstić information content (AvgIpc) is 2.91. The summed E-state index contributed by atoms with van der Waals surface area (Å²) in [7, 11) is 0. The summed E-state index contributed by atoms with van der Waals surface area (Å²) in [6.07, 6.45) is 3.52. The van der Waals surface area contributed by atoms with Crippen LogP contribution < -0.4 is 0 Å². The van der Waals surface area contributed by atoms with Crippen molar-refractivity contribution in [1.29, 1.82) is 0 Å². The zero-order chi connectivity index (χ0) is 13.0. The van der Waals surface area contributed by atoms with Crippen LogP contribution in [0.1, 0.15) is 5.56 Å². The lowest BCUT2D eigenvalue weighted by Gasteiger charge is -2.11. The summed E-state index contributed by atoms with van der Waals surface area (Å²) in [6.45, 7) is 2.01. The van der Waals surface area contributed by atoms with Gasteiger partial charge in [-0.15, -0.1) is 0 Å². The fraction of sp³-hybridized carbons (Fsp3) is 0.0625. The summed E-state index contributed by atoms with van der Waals surface area (Å²) in [6, 6.07) is 11.4. The molecule has 0 radical (unpaired) electrons. The highest BCUT2D eigenvalue weighted by Crippen LogP contribution is 2.32. The van der Waals surface area contributed by atoms with Gasteiger partial charge in [-0.25, -0.2) is 9.37 Å². The number of aryl methyl sites for hydroxylation is 1. The van der Waals surface area contributed by atoms with Crippen LogP contribution in [0.2, 0.25) is 0 Å². The molecule has 4 aromatic rings. The van der Waals surface area contributed by atoms with E-state index in [2.05, 4.69) is 4.98 Å². The standard InChI is InChI=1S/C16H11FN2/c1-10-6-7-13(17)15-14(10)11-4-2-3-5-12(11)16-18-8-9-19(15)16/h2-9H,1H3. The van der Waals surface area contributed by atoms with Gasteiger partial charge in [0.2, 0.25) is 0 Å². The molecule has 0 spiro atoms. The predicted molar refractivity (Wildman–Crippen MR) is 74.9 cm³/mol. The first-order valence-electron chi connectivity index (χ1n) is 6.20. The monoisotopic (exact) mass is 250 g/mol. The Morgan fingerprint density at radius 1 is 1.05 bits per heavy atom.